The van der Waals surface area contributed by atoms with Crippen molar-refractivity contribution in [3.63, 3.8) is 0 Å². The van der Waals surface area contributed by atoms with Crippen molar-refractivity contribution in [2.24, 2.45) is 10.7 Å². The van der Waals surface area contributed by atoms with Crippen molar-refractivity contribution >= 4 is 41.0 Å². The predicted molar refractivity (Wildman–Crippen MR) is 151 cm³/mol. The van der Waals surface area contributed by atoms with Crippen LogP contribution in [0.2, 0.25) is 0 Å². The Balaban J connectivity index is 1.46. The average Bonchev–Trinajstić information content (AvgIpc) is 2.93. The molecule has 0 aliphatic rings. The van der Waals surface area contributed by atoms with Gasteiger partial charge in [-0.15, -0.1) is 11.8 Å². The summed E-state index contributed by atoms with van der Waals surface area (Å²) in [6.45, 7) is 0.441. The third-order valence-corrected chi connectivity index (χ3v) is 6.83. The highest BCUT2D eigenvalue weighted by Crippen LogP contribution is 2.41. The van der Waals surface area contributed by atoms with Crippen LogP contribution in [0.1, 0.15) is 33.2 Å². The van der Waals surface area contributed by atoms with Crippen LogP contribution in [-0.2, 0) is 11.3 Å². The zero-order chi connectivity index (χ0) is 26.7. The minimum Gasteiger partial charge on any atom is -0.481 e. The second-order valence-electron chi connectivity index (χ2n) is 8.33. The summed E-state index contributed by atoms with van der Waals surface area (Å²) in [4.78, 5) is 33.9. The number of benzene rings is 3. The Bertz CT molecular complexity index is 1410. The number of carbonyl (C=O) groups is 2. The summed E-state index contributed by atoms with van der Waals surface area (Å²) < 4.78 is 0. The van der Waals surface area contributed by atoms with Gasteiger partial charge in [0.25, 0.3) is 5.91 Å². The van der Waals surface area contributed by atoms with Gasteiger partial charge in [0.2, 0.25) is 0 Å². The maximum atomic E-state index is 13.1. The first kappa shape index (κ1) is 26.4. The van der Waals surface area contributed by atoms with E-state index < -0.39 is 5.97 Å². The van der Waals surface area contributed by atoms with E-state index in [0.29, 0.717) is 23.5 Å². The van der Waals surface area contributed by atoms with Crippen LogP contribution in [0.25, 0.3) is 0 Å². The monoisotopic (exact) mass is 525 g/mol. The number of pyridine rings is 1. The minimum absolute atomic E-state index is 0.0837. The number of rotatable bonds is 10. The van der Waals surface area contributed by atoms with Crippen LogP contribution >= 0.6 is 11.8 Å². The molecule has 0 saturated carbocycles. The molecule has 4 aromatic rings. The van der Waals surface area contributed by atoms with Crippen molar-refractivity contribution in [2.75, 3.05) is 10.6 Å². The fraction of sp³-hybridized carbons (Fsp3) is 0.103. The lowest BCUT2D eigenvalue weighted by molar-refractivity contribution is -0.137. The average molecular weight is 526 g/mol. The van der Waals surface area contributed by atoms with Gasteiger partial charge in [-0.1, -0.05) is 54.6 Å². The standard InChI is InChI=1S/C29H27N5O3S/c30-29(32-18-20-8-2-1-3-9-20)33-23-12-6-10-21(16-23)28(37)34-24-13-4-5-14-25(24)38-26(17-27(35)36)22-11-7-15-31-19-22/h1-16,19,26H,17-18H2,(H,34,37)(H,35,36)(H3,30,32,33). The second-order valence-corrected chi connectivity index (χ2v) is 9.58. The Morgan fingerprint density at radius 2 is 1.74 bits per heavy atom. The van der Waals surface area contributed by atoms with Crippen molar-refractivity contribution in [1.29, 1.82) is 0 Å². The van der Waals surface area contributed by atoms with Crippen LogP contribution in [0.3, 0.4) is 0 Å². The number of aliphatic carboxylic acids is 1. The number of thioether (sulfide) groups is 1. The van der Waals surface area contributed by atoms with Gasteiger partial charge < -0.3 is 21.5 Å². The number of hydrogen-bond donors (Lipinski definition) is 4. The molecule has 0 aliphatic carbocycles. The summed E-state index contributed by atoms with van der Waals surface area (Å²) in [5.41, 5.74) is 9.53. The molecule has 0 spiro atoms. The molecule has 0 radical (unpaired) electrons. The Hall–Kier alpha value is -4.63. The lowest BCUT2D eigenvalue weighted by atomic mass is 10.1. The summed E-state index contributed by atoms with van der Waals surface area (Å²) in [6.07, 6.45) is 3.22. The molecule has 192 valence electrons. The van der Waals surface area contributed by atoms with Crippen LogP contribution in [-0.4, -0.2) is 27.9 Å². The molecule has 9 heteroatoms. The predicted octanol–water partition coefficient (Wildman–Crippen LogP) is 5.57. The lowest BCUT2D eigenvalue weighted by Crippen LogP contribution is -2.23. The summed E-state index contributed by atoms with van der Waals surface area (Å²) in [5, 5.41) is 15.0. The third kappa shape index (κ3) is 7.68. The molecule has 1 unspecified atom stereocenters. The first-order chi connectivity index (χ1) is 18.5. The molecular weight excluding hydrogens is 498 g/mol. The van der Waals surface area contributed by atoms with E-state index in [1.807, 2.05) is 54.6 Å². The molecule has 38 heavy (non-hydrogen) atoms. The van der Waals surface area contributed by atoms with Gasteiger partial charge in [0, 0.05) is 33.8 Å². The molecule has 3 aromatic carbocycles. The largest absolute Gasteiger partial charge is 0.481 e. The number of hydrogen-bond acceptors (Lipinski definition) is 5. The van der Waals surface area contributed by atoms with E-state index in [4.69, 9.17) is 5.73 Å². The zero-order valence-electron chi connectivity index (χ0n) is 20.5. The fourth-order valence-corrected chi connectivity index (χ4v) is 4.87. The summed E-state index contributed by atoms with van der Waals surface area (Å²) in [5.74, 6) is -0.977. The second kappa shape index (κ2) is 13.1. The Labute approximate surface area is 225 Å². The SMILES string of the molecule is NC(=NCc1ccccc1)Nc1cccc(C(=O)Nc2ccccc2SC(CC(=O)O)c2cccnc2)c1. The number of aromatic nitrogens is 1. The van der Waals surface area contributed by atoms with E-state index in [-0.39, 0.29) is 23.5 Å². The Morgan fingerprint density at radius 3 is 2.50 bits per heavy atom. The molecule has 1 heterocycles. The van der Waals surface area contributed by atoms with Crippen LogP contribution in [0.5, 0.6) is 0 Å². The highest BCUT2D eigenvalue weighted by atomic mass is 32.2. The first-order valence-corrected chi connectivity index (χ1v) is 12.8. The van der Waals surface area contributed by atoms with E-state index >= 15 is 0 Å². The molecule has 0 bridgehead atoms. The van der Waals surface area contributed by atoms with E-state index in [2.05, 4.69) is 20.6 Å². The smallest absolute Gasteiger partial charge is 0.304 e. The summed E-state index contributed by atoms with van der Waals surface area (Å²) in [7, 11) is 0. The number of guanidine groups is 1. The van der Waals surface area contributed by atoms with Gasteiger partial charge in [-0.2, -0.15) is 0 Å². The molecular formula is C29H27N5O3S. The first-order valence-electron chi connectivity index (χ1n) is 11.9. The molecule has 1 atom stereocenters. The summed E-state index contributed by atoms with van der Waals surface area (Å²) >= 11 is 1.37. The van der Waals surface area contributed by atoms with Crippen molar-refractivity contribution in [3.8, 4) is 0 Å². The molecule has 0 fully saturated rings. The number of nitrogens with zero attached hydrogens (tertiary/aromatic N) is 2. The number of nitrogens with two attached hydrogens (primary N) is 1. The van der Waals surface area contributed by atoms with E-state index in [1.54, 1.807) is 48.8 Å². The van der Waals surface area contributed by atoms with Crippen LogP contribution in [0.15, 0.2) is 113 Å². The minimum atomic E-state index is -0.913. The number of carboxylic acids is 1. The highest BCUT2D eigenvalue weighted by Gasteiger charge is 2.20. The number of amides is 1. The summed E-state index contributed by atoms with van der Waals surface area (Å²) in [6, 6.07) is 27.7. The molecule has 1 amide bonds. The van der Waals surface area contributed by atoms with Crippen molar-refractivity contribution in [2.45, 2.75) is 23.1 Å². The molecule has 8 nitrogen and oxygen atoms in total. The van der Waals surface area contributed by atoms with Crippen molar-refractivity contribution in [3.05, 3.63) is 120 Å². The number of para-hydroxylation sites is 1. The highest BCUT2D eigenvalue weighted by molar-refractivity contribution is 7.99. The van der Waals surface area contributed by atoms with E-state index in [1.165, 1.54) is 11.8 Å². The maximum Gasteiger partial charge on any atom is 0.304 e. The van der Waals surface area contributed by atoms with E-state index in [9.17, 15) is 14.7 Å². The van der Waals surface area contributed by atoms with Gasteiger partial charge in [0.05, 0.1) is 18.7 Å². The Morgan fingerprint density at radius 1 is 0.947 bits per heavy atom. The quantitative estimate of drug-likeness (QED) is 0.121. The number of aliphatic imine (C=N–C) groups is 1. The molecule has 4 rings (SSSR count). The lowest BCUT2D eigenvalue weighted by Gasteiger charge is -2.17. The molecule has 5 N–H and O–H groups in total. The van der Waals surface area contributed by atoms with Gasteiger partial charge >= 0.3 is 5.97 Å². The normalized spacial score (nSPS) is 11.9. The number of carbonyl (C=O) groups excluding carboxylic acids is 1. The van der Waals surface area contributed by atoms with Gasteiger partial charge in [-0.3, -0.25) is 14.6 Å². The number of carboxylic acid groups (broad SMARTS) is 1. The van der Waals surface area contributed by atoms with Gasteiger partial charge in [-0.25, -0.2) is 4.99 Å². The molecule has 0 aliphatic heterocycles. The van der Waals surface area contributed by atoms with Gasteiger partial charge in [-0.05, 0) is 47.5 Å². The fourth-order valence-electron chi connectivity index (χ4n) is 3.66. The van der Waals surface area contributed by atoms with Crippen molar-refractivity contribution < 1.29 is 14.7 Å². The van der Waals surface area contributed by atoms with Crippen LogP contribution in [0, 0.1) is 0 Å². The van der Waals surface area contributed by atoms with Gasteiger partial charge in [0.1, 0.15) is 0 Å². The third-order valence-electron chi connectivity index (χ3n) is 5.49. The molecule has 1 aromatic heterocycles. The Kier molecular flexibility index (Phi) is 9.09. The van der Waals surface area contributed by atoms with Crippen LogP contribution in [0.4, 0.5) is 11.4 Å². The number of anilines is 2. The van der Waals surface area contributed by atoms with Crippen LogP contribution < -0.4 is 16.4 Å². The molecule has 0 saturated heterocycles. The number of nitrogens with one attached hydrogen (secondary N) is 2. The van der Waals surface area contributed by atoms with E-state index in [0.717, 1.165) is 16.0 Å². The topological polar surface area (TPSA) is 130 Å². The maximum absolute atomic E-state index is 13.1. The zero-order valence-corrected chi connectivity index (χ0v) is 21.3. The van der Waals surface area contributed by atoms with Crippen molar-refractivity contribution in [1.82, 2.24) is 4.98 Å². The van der Waals surface area contributed by atoms with Gasteiger partial charge in [0.15, 0.2) is 5.96 Å².